The smallest absolute Gasteiger partial charge is 0.130 e. The van der Waals surface area contributed by atoms with Crippen molar-refractivity contribution in [2.75, 3.05) is 18.1 Å². The van der Waals surface area contributed by atoms with Crippen LogP contribution in [0.15, 0.2) is 18.2 Å². The Morgan fingerprint density at radius 1 is 1.37 bits per heavy atom. The summed E-state index contributed by atoms with van der Waals surface area (Å²) < 4.78 is 26.3. The Morgan fingerprint density at radius 2 is 2.05 bits per heavy atom. The lowest BCUT2D eigenvalue weighted by molar-refractivity contribution is 0.107. The van der Waals surface area contributed by atoms with Crippen molar-refractivity contribution in [3.05, 3.63) is 35.4 Å². The molecule has 2 nitrogen and oxygen atoms in total. The molecule has 1 aromatic carbocycles. The molecular formula is C14H21F2NOS. The molecule has 0 aromatic heterocycles. The standard InChI is InChI=1S/C14H21F2NOS/c1-10(12-5-4-11(15)8-13(12)16)17-6-7-19-9-14(2,3)18/h4-5,8,10,17-18H,6-7,9H2,1-3H3/t10-/m1/s1. The summed E-state index contributed by atoms with van der Waals surface area (Å²) in [5.41, 5.74) is -0.201. The van der Waals surface area contributed by atoms with E-state index in [1.807, 2.05) is 6.92 Å². The molecule has 1 aromatic rings. The number of nitrogens with one attached hydrogen (secondary N) is 1. The Hall–Kier alpha value is -0.650. The lowest BCUT2D eigenvalue weighted by Crippen LogP contribution is -2.25. The van der Waals surface area contributed by atoms with E-state index in [1.165, 1.54) is 12.1 Å². The normalized spacial score (nSPS) is 13.6. The second kappa shape index (κ2) is 7.22. The van der Waals surface area contributed by atoms with E-state index < -0.39 is 17.2 Å². The van der Waals surface area contributed by atoms with Crippen LogP contribution in [0, 0.1) is 11.6 Å². The molecule has 1 atom stereocenters. The molecule has 0 heterocycles. The number of halogens is 2. The number of hydrogen-bond acceptors (Lipinski definition) is 3. The summed E-state index contributed by atoms with van der Waals surface area (Å²) in [4.78, 5) is 0. The van der Waals surface area contributed by atoms with Crippen molar-refractivity contribution in [3.63, 3.8) is 0 Å². The molecule has 0 aliphatic carbocycles. The Bertz CT molecular complexity index is 407. The van der Waals surface area contributed by atoms with E-state index in [1.54, 1.807) is 25.6 Å². The lowest BCUT2D eigenvalue weighted by atomic mass is 10.1. The van der Waals surface area contributed by atoms with Crippen molar-refractivity contribution in [2.45, 2.75) is 32.4 Å². The minimum atomic E-state index is -0.667. The molecule has 2 N–H and O–H groups in total. The summed E-state index contributed by atoms with van der Waals surface area (Å²) in [7, 11) is 0. The topological polar surface area (TPSA) is 32.3 Å². The van der Waals surface area contributed by atoms with E-state index >= 15 is 0 Å². The summed E-state index contributed by atoms with van der Waals surface area (Å²) in [5.74, 6) is 0.406. The van der Waals surface area contributed by atoms with E-state index in [0.29, 0.717) is 17.9 Å². The van der Waals surface area contributed by atoms with Crippen molar-refractivity contribution < 1.29 is 13.9 Å². The van der Waals surface area contributed by atoms with E-state index in [0.717, 1.165) is 11.8 Å². The number of hydrogen-bond donors (Lipinski definition) is 2. The third-order valence-corrected chi connectivity index (χ3v) is 3.98. The van der Waals surface area contributed by atoms with Gasteiger partial charge in [0.1, 0.15) is 11.6 Å². The van der Waals surface area contributed by atoms with Gasteiger partial charge in [-0.25, -0.2) is 8.78 Å². The average Bonchev–Trinajstić information content (AvgIpc) is 2.26. The van der Waals surface area contributed by atoms with Crippen LogP contribution < -0.4 is 5.32 Å². The molecule has 0 amide bonds. The number of thioether (sulfide) groups is 1. The fraction of sp³-hybridized carbons (Fsp3) is 0.571. The molecule has 0 saturated heterocycles. The van der Waals surface area contributed by atoms with E-state index in [2.05, 4.69) is 5.32 Å². The van der Waals surface area contributed by atoms with Crippen LogP contribution in [0.1, 0.15) is 32.4 Å². The highest BCUT2D eigenvalue weighted by Gasteiger charge is 2.13. The Balaban J connectivity index is 2.33. The zero-order valence-corrected chi connectivity index (χ0v) is 12.4. The molecule has 19 heavy (non-hydrogen) atoms. The van der Waals surface area contributed by atoms with Gasteiger partial charge in [0, 0.05) is 35.7 Å². The molecule has 1 rings (SSSR count). The van der Waals surface area contributed by atoms with Gasteiger partial charge in [-0.2, -0.15) is 11.8 Å². The van der Waals surface area contributed by atoms with Gasteiger partial charge in [0.15, 0.2) is 0 Å². The van der Waals surface area contributed by atoms with Gasteiger partial charge in [-0.1, -0.05) is 6.07 Å². The molecule has 0 spiro atoms. The van der Waals surface area contributed by atoms with Gasteiger partial charge >= 0.3 is 0 Å². The number of aliphatic hydroxyl groups is 1. The van der Waals surface area contributed by atoms with Crippen molar-refractivity contribution in [3.8, 4) is 0 Å². The Morgan fingerprint density at radius 3 is 2.63 bits per heavy atom. The molecule has 0 unspecified atom stereocenters. The molecular weight excluding hydrogens is 268 g/mol. The predicted molar refractivity (Wildman–Crippen MR) is 76.4 cm³/mol. The molecule has 0 saturated carbocycles. The van der Waals surface area contributed by atoms with Crippen LogP contribution >= 0.6 is 11.8 Å². The molecule has 0 fully saturated rings. The first-order chi connectivity index (χ1) is 8.79. The van der Waals surface area contributed by atoms with E-state index in [4.69, 9.17) is 0 Å². The maximum absolute atomic E-state index is 13.5. The van der Waals surface area contributed by atoms with Crippen molar-refractivity contribution in [1.29, 1.82) is 0 Å². The molecule has 0 aliphatic heterocycles. The summed E-state index contributed by atoms with van der Waals surface area (Å²) in [6.45, 7) is 6.09. The Kier molecular flexibility index (Phi) is 6.23. The van der Waals surface area contributed by atoms with Crippen LogP contribution in [0.3, 0.4) is 0 Å². The van der Waals surface area contributed by atoms with Crippen molar-refractivity contribution in [1.82, 2.24) is 5.32 Å². The SMILES string of the molecule is C[C@@H](NCCSCC(C)(C)O)c1ccc(F)cc1F. The number of benzene rings is 1. The van der Waals surface area contributed by atoms with Crippen LogP contribution in [-0.4, -0.2) is 28.8 Å². The van der Waals surface area contributed by atoms with Crippen molar-refractivity contribution in [2.24, 2.45) is 0 Å². The summed E-state index contributed by atoms with van der Waals surface area (Å²) >= 11 is 1.64. The fourth-order valence-electron chi connectivity index (χ4n) is 1.63. The zero-order chi connectivity index (χ0) is 14.5. The second-order valence-electron chi connectivity index (χ2n) is 5.21. The highest BCUT2D eigenvalue weighted by molar-refractivity contribution is 7.99. The summed E-state index contributed by atoms with van der Waals surface area (Å²) in [6, 6.07) is 3.46. The quantitative estimate of drug-likeness (QED) is 0.757. The minimum absolute atomic E-state index is 0.164. The third-order valence-electron chi connectivity index (χ3n) is 2.58. The van der Waals surface area contributed by atoms with Gasteiger partial charge in [0.05, 0.1) is 5.60 Å². The van der Waals surface area contributed by atoms with Gasteiger partial charge in [-0.15, -0.1) is 0 Å². The van der Waals surface area contributed by atoms with Gasteiger partial charge in [-0.3, -0.25) is 0 Å². The fourth-order valence-corrected chi connectivity index (χ4v) is 2.54. The van der Waals surface area contributed by atoms with Gasteiger partial charge < -0.3 is 10.4 Å². The van der Waals surface area contributed by atoms with Crippen LogP contribution in [0.25, 0.3) is 0 Å². The first kappa shape index (κ1) is 16.4. The largest absolute Gasteiger partial charge is 0.390 e. The molecule has 0 bridgehead atoms. The van der Waals surface area contributed by atoms with Gasteiger partial charge in [0.25, 0.3) is 0 Å². The first-order valence-electron chi connectivity index (χ1n) is 6.28. The van der Waals surface area contributed by atoms with E-state index in [9.17, 15) is 13.9 Å². The second-order valence-corrected chi connectivity index (χ2v) is 6.31. The maximum atomic E-state index is 13.5. The van der Waals surface area contributed by atoms with Crippen LogP contribution in [0.4, 0.5) is 8.78 Å². The van der Waals surface area contributed by atoms with Crippen molar-refractivity contribution >= 4 is 11.8 Å². The minimum Gasteiger partial charge on any atom is -0.390 e. The molecule has 0 radical (unpaired) electrons. The first-order valence-corrected chi connectivity index (χ1v) is 7.43. The van der Waals surface area contributed by atoms with Crippen LogP contribution in [-0.2, 0) is 0 Å². The lowest BCUT2D eigenvalue weighted by Gasteiger charge is -2.18. The monoisotopic (exact) mass is 289 g/mol. The summed E-state index contributed by atoms with van der Waals surface area (Å²) in [5, 5.41) is 12.7. The van der Waals surface area contributed by atoms with Crippen LogP contribution in [0.5, 0.6) is 0 Å². The zero-order valence-electron chi connectivity index (χ0n) is 11.5. The maximum Gasteiger partial charge on any atom is 0.130 e. The highest BCUT2D eigenvalue weighted by atomic mass is 32.2. The van der Waals surface area contributed by atoms with E-state index in [-0.39, 0.29) is 6.04 Å². The Labute approximate surface area is 117 Å². The van der Waals surface area contributed by atoms with Gasteiger partial charge in [0.2, 0.25) is 0 Å². The molecule has 5 heteroatoms. The van der Waals surface area contributed by atoms with Gasteiger partial charge in [-0.05, 0) is 26.8 Å². The molecule has 108 valence electrons. The highest BCUT2D eigenvalue weighted by Crippen LogP contribution is 2.18. The average molecular weight is 289 g/mol. The predicted octanol–water partition coefficient (Wildman–Crippen LogP) is 3.12. The van der Waals surface area contributed by atoms with Crippen LogP contribution in [0.2, 0.25) is 0 Å². The third kappa shape index (κ3) is 6.36. The number of rotatable bonds is 7. The summed E-state index contributed by atoms with van der Waals surface area (Å²) in [6.07, 6.45) is 0. The molecule has 0 aliphatic rings.